The summed E-state index contributed by atoms with van der Waals surface area (Å²) in [6.45, 7) is 7.92. The second kappa shape index (κ2) is 7.87. The molecule has 3 atom stereocenters. The molecular weight excluding hydrogens is 260 g/mol. The lowest BCUT2D eigenvalue weighted by Gasteiger charge is -2.36. The predicted octanol–water partition coefficient (Wildman–Crippen LogP) is 2.28. The first-order chi connectivity index (χ1) is 10.2. The van der Waals surface area contributed by atoms with E-state index in [1.54, 1.807) is 0 Å². The van der Waals surface area contributed by atoms with E-state index < -0.39 is 0 Å². The van der Waals surface area contributed by atoms with Crippen LogP contribution in [0.3, 0.4) is 0 Å². The van der Waals surface area contributed by atoms with Crippen LogP contribution >= 0.6 is 0 Å². The summed E-state index contributed by atoms with van der Waals surface area (Å²) >= 11 is 0. The summed E-state index contributed by atoms with van der Waals surface area (Å²) in [6, 6.07) is 5.31. The van der Waals surface area contributed by atoms with E-state index in [9.17, 15) is 0 Å². The highest BCUT2D eigenvalue weighted by Crippen LogP contribution is 2.26. The highest BCUT2D eigenvalue weighted by Gasteiger charge is 2.29. The molecular formula is C17H30N4. The Morgan fingerprint density at radius 2 is 2.10 bits per heavy atom. The Morgan fingerprint density at radius 3 is 2.71 bits per heavy atom. The standard InChI is InChI=1S/C17H30N4/c1-4-16(18)17(14-8-10-19-11-9-14)20(3)13-15-7-6-12-21(15)5-2/h8-11,15-17H,4-7,12-13,18H2,1-3H3. The van der Waals surface area contributed by atoms with Crippen LogP contribution < -0.4 is 5.73 Å². The minimum absolute atomic E-state index is 0.161. The van der Waals surface area contributed by atoms with E-state index in [0.29, 0.717) is 6.04 Å². The Morgan fingerprint density at radius 1 is 1.38 bits per heavy atom. The molecule has 118 valence electrons. The Labute approximate surface area is 129 Å². The van der Waals surface area contributed by atoms with E-state index in [1.165, 1.54) is 24.9 Å². The average Bonchev–Trinajstić information content (AvgIpc) is 2.95. The van der Waals surface area contributed by atoms with E-state index in [0.717, 1.165) is 19.5 Å². The monoisotopic (exact) mass is 290 g/mol. The topological polar surface area (TPSA) is 45.4 Å². The third-order valence-electron chi connectivity index (χ3n) is 4.80. The van der Waals surface area contributed by atoms with Crippen molar-refractivity contribution in [3.05, 3.63) is 30.1 Å². The van der Waals surface area contributed by atoms with Gasteiger partial charge in [-0.15, -0.1) is 0 Å². The molecule has 1 aromatic rings. The molecule has 1 aliphatic heterocycles. The minimum atomic E-state index is 0.161. The molecule has 0 spiro atoms. The molecule has 3 unspecified atom stereocenters. The maximum Gasteiger partial charge on any atom is 0.0497 e. The molecule has 2 heterocycles. The van der Waals surface area contributed by atoms with Gasteiger partial charge in [0.2, 0.25) is 0 Å². The molecule has 0 aliphatic carbocycles. The predicted molar refractivity (Wildman–Crippen MR) is 88.1 cm³/mol. The Bertz CT molecular complexity index is 409. The van der Waals surface area contributed by atoms with Gasteiger partial charge in [-0.05, 0) is 57.1 Å². The van der Waals surface area contributed by atoms with Gasteiger partial charge in [0.1, 0.15) is 0 Å². The summed E-state index contributed by atoms with van der Waals surface area (Å²) < 4.78 is 0. The van der Waals surface area contributed by atoms with Crippen molar-refractivity contribution in [2.75, 3.05) is 26.7 Å². The van der Waals surface area contributed by atoms with Gasteiger partial charge in [0, 0.05) is 37.1 Å². The van der Waals surface area contributed by atoms with E-state index >= 15 is 0 Å². The minimum Gasteiger partial charge on any atom is -0.326 e. The number of pyridine rings is 1. The van der Waals surface area contributed by atoms with Gasteiger partial charge in [-0.2, -0.15) is 0 Å². The summed E-state index contributed by atoms with van der Waals surface area (Å²) in [5.74, 6) is 0. The molecule has 0 saturated carbocycles. The lowest BCUT2D eigenvalue weighted by atomic mass is 9.97. The van der Waals surface area contributed by atoms with Crippen molar-refractivity contribution in [2.45, 2.75) is 51.2 Å². The first kappa shape index (κ1) is 16.4. The van der Waals surface area contributed by atoms with Crippen molar-refractivity contribution < 1.29 is 0 Å². The lowest BCUT2D eigenvalue weighted by molar-refractivity contribution is 0.147. The van der Waals surface area contributed by atoms with Gasteiger partial charge in [-0.3, -0.25) is 14.8 Å². The van der Waals surface area contributed by atoms with Crippen LogP contribution in [0.2, 0.25) is 0 Å². The first-order valence-electron chi connectivity index (χ1n) is 8.27. The molecule has 0 aromatic carbocycles. The molecule has 0 radical (unpaired) electrons. The molecule has 1 fully saturated rings. The average molecular weight is 290 g/mol. The summed E-state index contributed by atoms with van der Waals surface area (Å²) in [7, 11) is 2.22. The van der Waals surface area contributed by atoms with E-state index in [4.69, 9.17) is 5.73 Å². The second-order valence-corrected chi connectivity index (χ2v) is 6.16. The van der Waals surface area contributed by atoms with Crippen molar-refractivity contribution in [3.63, 3.8) is 0 Å². The number of hydrogen-bond donors (Lipinski definition) is 1. The van der Waals surface area contributed by atoms with Crippen molar-refractivity contribution in [1.82, 2.24) is 14.8 Å². The molecule has 0 amide bonds. The molecule has 1 aromatic heterocycles. The quantitative estimate of drug-likeness (QED) is 0.837. The van der Waals surface area contributed by atoms with Gasteiger partial charge in [0.05, 0.1) is 0 Å². The second-order valence-electron chi connectivity index (χ2n) is 6.16. The first-order valence-corrected chi connectivity index (χ1v) is 8.27. The number of hydrogen-bond acceptors (Lipinski definition) is 4. The fraction of sp³-hybridized carbons (Fsp3) is 0.706. The molecule has 21 heavy (non-hydrogen) atoms. The maximum atomic E-state index is 6.42. The zero-order valence-electron chi connectivity index (χ0n) is 13.7. The van der Waals surface area contributed by atoms with Gasteiger partial charge in [0.15, 0.2) is 0 Å². The van der Waals surface area contributed by atoms with Crippen LogP contribution in [0.4, 0.5) is 0 Å². The smallest absolute Gasteiger partial charge is 0.0497 e. The third kappa shape index (κ3) is 4.02. The molecule has 4 heteroatoms. The van der Waals surface area contributed by atoms with Crippen LogP contribution in [-0.4, -0.2) is 53.5 Å². The van der Waals surface area contributed by atoms with E-state index in [-0.39, 0.29) is 12.1 Å². The van der Waals surface area contributed by atoms with Crippen LogP contribution in [0.15, 0.2) is 24.5 Å². The number of aromatic nitrogens is 1. The Kier molecular flexibility index (Phi) is 6.15. The highest BCUT2D eigenvalue weighted by molar-refractivity contribution is 5.17. The molecule has 1 aliphatic rings. The van der Waals surface area contributed by atoms with Crippen LogP contribution in [0.5, 0.6) is 0 Å². The lowest BCUT2D eigenvalue weighted by Crippen LogP contribution is -2.45. The van der Waals surface area contributed by atoms with Crippen LogP contribution in [0.1, 0.15) is 44.7 Å². The fourth-order valence-corrected chi connectivity index (χ4v) is 3.58. The fourth-order valence-electron chi connectivity index (χ4n) is 3.58. The van der Waals surface area contributed by atoms with Crippen LogP contribution in [-0.2, 0) is 0 Å². The largest absolute Gasteiger partial charge is 0.326 e. The number of likely N-dealkylation sites (N-methyl/N-ethyl adjacent to an activating group) is 2. The highest BCUT2D eigenvalue weighted by atomic mass is 15.2. The number of likely N-dealkylation sites (tertiary alicyclic amines) is 1. The zero-order valence-corrected chi connectivity index (χ0v) is 13.7. The maximum absolute atomic E-state index is 6.42. The van der Waals surface area contributed by atoms with Gasteiger partial charge in [0.25, 0.3) is 0 Å². The van der Waals surface area contributed by atoms with Crippen LogP contribution in [0, 0.1) is 0 Å². The number of nitrogens with two attached hydrogens (primary N) is 1. The van der Waals surface area contributed by atoms with Crippen molar-refractivity contribution in [3.8, 4) is 0 Å². The number of nitrogens with zero attached hydrogens (tertiary/aromatic N) is 3. The molecule has 0 bridgehead atoms. The van der Waals surface area contributed by atoms with Crippen LogP contribution in [0.25, 0.3) is 0 Å². The SMILES string of the molecule is CCC(N)C(c1ccncc1)N(C)CC1CCCN1CC. The van der Waals surface area contributed by atoms with Crippen molar-refractivity contribution >= 4 is 0 Å². The zero-order chi connectivity index (χ0) is 15.2. The van der Waals surface area contributed by atoms with E-state index in [1.807, 2.05) is 12.4 Å². The van der Waals surface area contributed by atoms with Gasteiger partial charge in [-0.1, -0.05) is 13.8 Å². The summed E-state index contributed by atoms with van der Waals surface area (Å²) in [6.07, 6.45) is 7.35. The summed E-state index contributed by atoms with van der Waals surface area (Å²) in [5, 5.41) is 0. The summed E-state index contributed by atoms with van der Waals surface area (Å²) in [5.41, 5.74) is 7.70. The molecule has 1 saturated heterocycles. The molecule has 2 N–H and O–H groups in total. The van der Waals surface area contributed by atoms with Gasteiger partial charge < -0.3 is 5.73 Å². The normalized spacial score (nSPS) is 22.6. The van der Waals surface area contributed by atoms with Crippen molar-refractivity contribution in [1.29, 1.82) is 0 Å². The Hall–Kier alpha value is -0.970. The third-order valence-corrected chi connectivity index (χ3v) is 4.80. The molecule has 2 rings (SSSR count). The molecule has 4 nitrogen and oxygen atoms in total. The number of rotatable bonds is 7. The van der Waals surface area contributed by atoms with Crippen molar-refractivity contribution in [2.24, 2.45) is 5.73 Å². The van der Waals surface area contributed by atoms with E-state index in [2.05, 4.69) is 47.8 Å². The summed E-state index contributed by atoms with van der Waals surface area (Å²) in [4.78, 5) is 9.17. The Balaban J connectivity index is 2.09. The van der Waals surface area contributed by atoms with Gasteiger partial charge in [-0.25, -0.2) is 0 Å². The van der Waals surface area contributed by atoms with Gasteiger partial charge >= 0.3 is 0 Å².